The van der Waals surface area contributed by atoms with Crippen molar-refractivity contribution in [2.75, 3.05) is 0 Å². The van der Waals surface area contributed by atoms with Crippen LogP contribution in [0.15, 0.2) is 22.8 Å². The molecular weight excluding hydrogens is 156 g/mol. The van der Waals surface area contributed by atoms with Gasteiger partial charge in [-0.05, 0) is 12.1 Å². The number of furan rings is 1. The Morgan fingerprint density at radius 2 is 2.10 bits per heavy atom. The summed E-state index contributed by atoms with van der Waals surface area (Å²) in [6.45, 7) is 0. The van der Waals surface area contributed by atoms with Gasteiger partial charge >= 0.3 is 11.6 Å². The predicted molar refractivity (Wildman–Crippen MR) is 33.0 cm³/mol. The predicted octanol–water partition coefficient (Wildman–Crippen LogP) is 0.422. The van der Waals surface area contributed by atoms with Gasteiger partial charge in [-0.1, -0.05) is 0 Å². The zero-order valence-corrected chi connectivity index (χ0v) is 5.67. The van der Waals surface area contributed by atoms with Crippen molar-refractivity contribution in [2.45, 2.75) is 0 Å². The standard InChI is InChI=1S/C5H4O2.O2S/c6-4-5-2-1-3-7-5;1-3-2/h1-4H;. The van der Waals surface area contributed by atoms with Gasteiger partial charge in [0.25, 0.3) is 0 Å². The average molecular weight is 160 g/mol. The van der Waals surface area contributed by atoms with Crippen LogP contribution >= 0.6 is 0 Å². The Morgan fingerprint density at radius 1 is 1.50 bits per heavy atom. The first kappa shape index (κ1) is 8.77. The Labute approximate surface area is 60.4 Å². The molecular formula is C5H4O4S. The van der Waals surface area contributed by atoms with Gasteiger partial charge in [-0.15, -0.1) is 0 Å². The second-order valence-corrected chi connectivity index (χ2v) is 1.34. The van der Waals surface area contributed by atoms with Crippen molar-refractivity contribution in [2.24, 2.45) is 0 Å². The van der Waals surface area contributed by atoms with Crippen LogP contribution < -0.4 is 0 Å². The minimum Gasteiger partial charge on any atom is -0.462 e. The summed E-state index contributed by atoms with van der Waals surface area (Å²) in [5, 5.41) is 0. The van der Waals surface area contributed by atoms with Crippen molar-refractivity contribution in [1.82, 2.24) is 0 Å². The van der Waals surface area contributed by atoms with E-state index in [4.69, 9.17) is 8.42 Å². The molecule has 0 aromatic carbocycles. The van der Waals surface area contributed by atoms with Crippen molar-refractivity contribution < 1.29 is 17.6 Å². The Bertz CT molecular complexity index is 210. The third-order valence-electron chi connectivity index (χ3n) is 0.659. The molecule has 0 aliphatic heterocycles. The van der Waals surface area contributed by atoms with E-state index in [9.17, 15) is 4.79 Å². The maximum Gasteiger partial charge on any atom is 0.335 e. The van der Waals surface area contributed by atoms with Crippen LogP contribution in [0.1, 0.15) is 10.6 Å². The fraction of sp³-hybridized carbons (Fsp3) is 0. The van der Waals surface area contributed by atoms with Gasteiger partial charge in [0, 0.05) is 0 Å². The van der Waals surface area contributed by atoms with E-state index >= 15 is 0 Å². The second kappa shape index (κ2) is 5.90. The molecule has 5 heteroatoms. The van der Waals surface area contributed by atoms with Crippen LogP contribution in [0, 0.1) is 0 Å². The third kappa shape index (κ3) is 3.73. The Morgan fingerprint density at radius 3 is 2.30 bits per heavy atom. The van der Waals surface area contributed by atoms with Crippen molar-refractivity contribution in [3.63, 3.8) is 0 Å². The highest BCUT2D eigenvalue weighted by Crippen LogP contribution is 1.92. The summed E-state index contributed by atoms with van der Waals surface area (Å²) in [6, 6.07) is 3.27. The molecule has 0 unspecified atom stereocenters. The lowest BCUT2D eigenvalue weighted by molar-refractivity contribution is 0.110. The molecule has 1 heterocycles. The summed E-state index contributed by atoms with van der Waals surface area (Å²) in [7, 11) is 0. The topological polar surface area (TPSA) is 64.3 Å². The highest BCUT2D eigenvalue weighted by Gasteiger charge is 1.84. The molecule has 54 valence electrons. The molecule has 1 aromatic heterocycles. The summed E-state index contributed by atoms with van der Waals surface area (Å²) in [4.78, 5) is 9.77. The molecule has 1 aromatic rings. The molecule has 4 nitrogen and oxygen atoms in total. The summed E-state index contributed by atoms with van der Waals surface area (Å²) < 4.78 is 21.2. The minimum absolute atomic E-state index is 0.375. The van der Waals surface area contributed by atoms with Crippen LogP contribution in [0.2, 0.25) is 0 Å². The van der Waals surface area contributed by atoms with E-state index < -0.39 is 11.6 Å². The molecule has 10 heavy (non-hydrogen) atoms. The molecule has 0 aliphatic carbocycles. The molecule has 0 saturated carbocycles. The lowest BCUT2D eigenvalue weighted by atomic mass is 10.5. The van der Waals surface area contributed by atoms with Crippen molar-refractivity contribution in [3.8, 4) is 0 Å². The normalized spacial score (nSPS) is 7.20. The Kier molecular flexibility index (Phi) is 5.17. The average Bonchev–Trinajstić information content (AvgIpc) is 2.39. The number of hydrogen-bond donors (Lipinski definition) is 0. The van der Waals surface area contributed by atoms with Crippen LogP contribution in [0.4, 0.5) is 0 Å². The molecule has 0 aliphatic rings. The summed E-state index contributed by atoms with van der Waals surface area (Å²) in [6.07, 6.45) is 2.13. The molecule has 0 fully saturated rings. The van der Waals surface area contributed by atoms with Crippen molar-refractivity contribution >= 4 is 17.9 Å². The number of rotatable bonds is 1. The number of hydrogen-bond acceptors (Lipinski definition) is 4. The number of carbonyl (C=O) groups excluding carboxylic acids is 1. The quantitative estimate of drug-likeness (QED) is 0.558. The minimum atomic E-state index is -0.750. The van der Waals surface area contributed by atoms with Gasteiger partial charge in [-0.3, -0.25) is 4.79 Å². The van der Waals surface area contributed by atoms with Gasteiger partial charge in [-0.25, -0.2) is 0 Å². The molecule has 0 bridgehead atoms. The van der Waals surface area contributed by atoms with Crippen LogP contribution in [0.25, 0.3) is 0 Å². The molecule has 0 radical (unpaired) electrons. The summed E-state index contributed by atoms with van der Waals surface area (Å²) in [5.74, 6) is 0.375. The van der Waals surface area contributed by atoms with Crippen LogP contribution in [-0.4, -0.2) is 14.7 Å². The second-order valence-electron chi connectivity index (χ2n) is 1.20. The van der Waals surface area contributed by atoms with Crippen LogP contribution in [-0.2, 0) is 11.6 Å². The first-order chi connectivity index (χ1) is 4.85. The lowest BCUT2D eigenvalue weighted by Gasteiger charge is -1.68. The van der Waals surface area contributed by atoms with E-state index in [0.29, 0.717) is 12.0 Å². The fourth-order valence-corrected chi connectivity index (χ4v) is 0.358. The van der Waals surface area contributed by atoms with Gasteiger partial charge in [0.2, 0.25) is 0 Å². The smallest absolute Gasteiger partial charge is 0.335 e. The van der Waals surface area contributed by atoms with E-state index in [1.807, 2.05) is 0 Å². The van der Waals surface area contributed by atoms with E-state index in [-0.39, 0.29) is 0 Å². The molecule has 0 saturated heterocycles. The Balaban J connectivity index is 0.000000236. The van der Waals surface area contributed by atoms with Gasteiger partial charge in [0.1, 0.15) is 0 Å². The first-order valence-corrected chi connectivity index (χ1v) is 2.92. The van der Waals surface area contributed by atoms with Crippen LogP contribution in [0.5, 0.6) is 0 Å². The molecule has 0 atom stereocenters. The van der Waals surface area contributed by atoms with Crippen molar-refractivity contribution in [1.29, 1.82) is 0 Å². The van der Waals surface area contributed by atoms with E-state index in [1.54, 1.807) is 12.1 Å². The van der Waals surface area contributed by atoms with E-state index in [0.717, 1.165) is 0 Å². The fourth-order valence-electron chi connectivity index (χ4n) is 0.358. The maximum atomic E-state index is 9.77. The number of carbonyl (C=O) groups is 1. The van der Waals surface area contributed by atoms with Crippen molar-refractivity contribution in [3.05, 3.63) is 24.2 Å². The van der Waals surface area contributed by atoms with Gasteiger partial charge in [0.05, 0.1) is 6.26 Å². The molecule has 0 amide bonds. The molecule has 0 N–H and O–H groups in total. The highest BCUT2D eigenvalue weighted by molar-refractivity contribution is 7.51. The van der Waals surface area contributed by atoms with Gasteiger partial charge in [-0.2, -0.15) is 8.42 Å². The SMILES string of the molecule is O=Cc1ccco1.O=S=O. The van der Waals surface area contributed by atoms with E-state index in [2.05, 4.69) is 4.42 Å². The zero-order valence-electron chi connectivity index (χ0n) is 4.85. The first-order valence-electron chi connectivity index (χ1n) is 2.25. The van der Waals surface area contributed by atoms with Crippen LogP contribution in [0.3, 0.4) is 0 Å². The van der Waals surface area contributed by atoms with Gasteiger partial charge in [0.15, 0.2) is 12.0 Å². The number of aldehydes is 1. The maximum absolute atomic E-state index is 9.77. The van der Waals surface area contributed by atoms with Gasteiger partial charge < -0.3 is 4.42 Å². The monoisotopic (exact) mass is 160 g/mol. The zero-order chi connectivity index (χ0) is 7.82. The molecule has 0 spiro atoms. The largest absolute Gasteiger partial charge is 0.462 e. The Hall–Kier alpha value is -1.23. The summed E-state index contributed by atoms with van der Waals surface area (Å²) >= 11 is -0.750. The van der Waals surface area contributed by atoms with E-state index in [1.165, 1.54) is 6.26 Å². The molecule has 1 rings (SSSR count). The lowest BCUT2D eigenvalue weighted by Crippen LogP contribution is -1.65. The summed E-state index contributed by atoms with van der Waals surface area (Å²) in [5.41, 5.74) is 0. The highest BCUT2D eigenvalue weighted by atomic mass is 32.1. The third-order valence-corrected chi connectivity index (χ3v) is 0.659.